The number of likely N-dealkylation sites (tertiary alicyclic amines) is 1. The molecule has 0 aromatic rings. The van der Waals surface area contributed by atoms with Crippen molar-refractivity contribution >= 4 is 0 Å². The Bertz CT molecular complexity index is 249. The van der Waals surface area contributed by atoms with E-state index in [9.17, 15) is 0 Å². The quantitative estimate of drug-likeness (QED) is 0.852. The minimum Gasteiger partial charge on any atom is -0.329 e. The third kappa shape index (κ3) is 3.71. The van der Waals surface area contributed by atoms with Crippen LogP contribution in [0.1, 0.15) is 57.8 Å². The van der Waals surface area contributed by atoms with Gasteiger partial charge in [-0.1, -0.05) is 32.1 Å². The van der Waals surface area contributed by atoms with Crippen LogP contribution < -0.4 is 5.73 Å². The molecule has 1 saturated heterocycles. The molecule has 2 rings (SSSR count). The molecule has 1 aliphatic carbocycles. The molecule has 3 nitrogen and oxygen atoms in total. The standard InChI is InChI=1S/C16H33N3/c1-18(2)15-8-12-19(13-9-15)16(14-17)10-6-4-3-5-7-11-16/h15H,3-14,17H2,1-2H3. The molecule has 2 fully saturated rings. The molecule has 0 amide bonds. The summed E-state index contributed by atoms with van der Waals surface area (Å²) in [6.45, 7) is 3.36. The van der Waals surface area contributed by atoms with Gasteiger partial charge in [-0.2, -0.15) is 0 Å². The van der Waals surface area contributed by atoms with Gasteiger partial charge in [0.1, 0.15) is 0 Å². The van der Waals surface area contributed by atoms with Crippen LogP contribution in [0.5, 0.6) is 0 Å². The van der Waals surface area contributed by atoms with Gasteiger partial charge in [0.15, 0.2) is 0 Å². The molecule has 0 bridgehead atoms. The Morgan fingerprint density at radius 1 is 1.00 bits per heavy atom. The molecule has 0 atom stereocenters. The molecule has 0 unspecified atom stereocenters. The second kappa shape index (κ2) is 7.05. The van der Waals surface area contributed by atoms with Crippen molar-refractivity contribution in [2.45, 2.75) is 69.4 Å². The monoisotopic (exact) mass is 267 g/mol. The molecule has 3 heteroatoms. The van der Waals surface area contributed by atoms with Crippen molar-refractivity contribution in [1.29, 1.82) is 0 Å². The predicted molar refractivity (Wildman–Crippen MR) is 82.4 cm³/mol. The lowest BCUT2D eigenvalue weighted by Gasteiger charge is -2.48. The Kier molecular flexibility index (Phi) is 5.67. The minimum atomic E-state index is 0.331. The highest BCUT2D eigenvalue weighted by Gasteiger charge is 2.37. The highest BCUT2D eigenvalue weighted by molar-refractivity contribution is 4.95. The maximum atomic E-state index is 6.23. The van der Waals surface area contributed by atoms with Gasteiger partial charge in [0.2, 0.25) is 0 Å². The molecular formula is C16H33N3. The van der Waals surface area contributed by atoms with Crippen LogP contribution >= 0.6 is 0 Å². The first kappa shape index (κ1) is 15.3. The van der Waals surface area contributed by atoms with Crippen LogP contribution in [0.15, 0.2) is 0 Å². The normalized spacial score (nSPS) is 27.2. The molecule has 0 spiro atoms. The van der Waals surface area contributed by atoms with Crippen LogP contribution in [-0.2, 0) is 0 Å². The maximum Gasteiger partial charge on any atom is 0.0331 e. The van der Waals surface area contributed by atoms with E-state index in [0.717, 1.165) is 12.6 Å². The van der Waals surface area contributed by atoms with E-state index >= 15 is 0 Å². The number of piperidine rings is 1. The SMILES string of the molecule is CN(C)C1CCN(C2(CN)CCCCCCC2)CC1. The average Bonchev–Trinajstić information content (AvgIpc) is 2.39. The van der Waals surface area contributed by atoms with Crippen molar-refractivity contribution in [1.82, 2.24) is 9.80 Å². The van der Waals surface area contributed by atoms with Crippen molar-refractivity contribution < 1.29 is 0 Å². The van der Waals surface area contributed by atoms with Crippen LogP contribution in [-0.4, -0.2) is 55.1 Å². The Hall–Kier alpha value is -0.120. The van der Waals surface area contributed by atoms with Crippen LogP contribution in [0, 0.1) is 0 Å². The van der Waals surface area contributed by atoms with Crippen LogP contribution in [0.2, 0.25) is 0 Å². The topological polar surface area (TPSA) is 32.5 Å². The summed E-state index contributed by atoms with van der Waals surface area (Å²) in [5.74, 6) is 0. The van der Waals surface area contributed by atoms with Gasteiger partial charge in [0.25, 0.3) is 0 Å². The number of nitrogens with zero attached hydrogens (tertiary/aromatic N) is 2. The fourth-order valence-corrected chi connectivity index (χ4v) is 4.07. The molecule has 0 aromatic carbocycles. The Morgan fingerprint density at radius 2 is 1.53 bits per heavy atom. The van der Waals surface area contributed by atoms with Crippen molar-refractivity contribution in [2.75, 3.05) is 33.7 Å². The lowest BCUT2D eigenvalue weighted by Crippen LogP contribution is -2.58. The van der Waals surface area contributed by atoms with E-state index in [0.29, 0.717) is 5.54 Å². The van der Waals surface area contributed by atoms with Crippen LogP contribution in [0.25, 0.3) is 0 Å². The predicted octanol–water partition coefficient (Wildman–Crippen LogP) is 2.45. The first-order valence-corrected chi connectivity index (χ1v) is 8.29. The van der Waals surface area contributed by atoms with E-state index < -0.39 is 0 Å². The summed E-state index contributed by atoms with van der Waals surface area (Å²) in [6, 6.07) is 0.777. The second-order valence-electron chi connectivity index (χ2n) is 6.88. The first-order valence-electron chi connectivity index (χ1n) is 8.29. The first-order chi connectivity index (χ1) is 9.18. The third-order valence-corrected chi connectivity index (χ3v) is 5.53. The fourth-order valence-electron chi connectivity index (χ4n) is 4.07. The fraction of sp³-hybridized carbons (Fsp3) is 1.00. The highest BCUT2D eigenvalue weighted by Crippen LogP contribution is 2.33. The largest absolute Gasteiger partial charge is 0.329 e. The van der Waals surface area contributed by atoms with Crippen molar-refractivity contribution in [2.24, 2.45) is 5.73 Å². The van der Waals surface area contributed by atoms with Crippen molar-refractivity contribution in [3.8, 4) is 0 Å². The molecule has 0 radical (unpaired) electrons. The average molecular weight is 267 g/mol. The minimum absolute atomic E-state index is 0.331. The van der Waals surface area contributed by atoms with Gasteiger partial charge in [-0.05, 0) is 39.8 Å². The molecule has 2 N–H and O–H groups in total. The van der Waals surface area contributed by atoms with Gasteiger partial charge < -0.3 is 10.6 Å². The van der Waals surface area contributed by atoms with E-state index in [1.807, 2.05) is 0 Å². The lowest BCUT2D eigenvalue weighted by atomic mass is 9.81. The van der Waals surface area contributed by atoms with Gasteiger partial charge in [0.05, 0.1) is 0 Å². The Morgan fingerprint density at radius 3 is 2.00 bits per heavy atom. The Balaban J connectivity index is 1.96. The zero-order valence-corrected chi connectivity index (χ0v) is 13.0. The lowest BCUT2D eigenvalue weighted by molar-refractivity contribution is 0.0271. The number of rotatable bonds is 3. The number of hydrogen-bond donors (Lipinski definition) is 1. The summed E-state index contributed by atoms with van der Waals surface area (Å²) in [5.41, 5.74) is 6.56. The smallest absolute Gasteiger partial charge is 0.0331 e. The number of nitrogens with two attached hydrogens (primary N) is 1. The van der Waals surface area contributed by atoms with Gasteiger partial charge in [-0.25, -0.2) is 0 Å². The van der Waals surface area contributed by atoms with Crippen molar-refractivity contribution in [3.05, 3.63) is 0 Å². The van der Waals surface area contributed by atoms with Gasteiger partial charge >= 0.3 is 0 Å². The molecule has 112 valence electrons. The molecule has 1 aliphatic heterocycles. The Labute approximate surface area is 119 Å². The summed E-state index contributed by atoms with van der Waals surface area (Å²) in [4.78, 5) is 5.14. The van der Waals surface area contributed by atoms with E-state index in [2.05, 4.69) is 23.9 Å². The number of hydrogen-bond acceptors (Lipinski definition) is 3. The summed E-state index contributed by atoms with van der Waals surface area (Å²) in [6.07, 6.45) is 12.3. The molecule has 2 aliphatic rings. The van der Waals surface area contributed by atoms with Gasteiger partial charge in [-0.15, -0.1) is 0 Å². The van der Waals surface area contributed by atoms with Crippen molar-refractivity contribution in [3.63, 3.8) is 0 Å². The molecular weight excluding hydrogens is 234 g/mol. The summed E-state index contributed by atoms with van der Waals surface area (Å²) in [5, 5.41) is 0. The maximum absolute atomic E-state index is 6.23. The zero-order chi connectivity index (χ0) is 13.7. The van der Waals surface area contributed by atoms with Crippen LogP contribution in [0.4, 0.5) is 0 Å². The summed E-state index contributed by atoms with van der Waals surface area (Å²) < 4.78 is 0. The molecule has 0 aromatic heterocycles. The zero-order valence-electron chi connectivity index (χ0n) is 13.0. The van der Waals surface area contributed by atoms with E-state index in [1.54, 1.807) is 0 Å². The molecule has 1 heterocycles. The van der Waals surface area contributed by atoms with E-state index in [4.69, 9.17) is 5.73 Å². The summed E-state index contributed by atoms with van der Waals surface area (Å²) in [7, 11) is 4.43. The van der Waals surface area contributed by atoms with Gasteiger partial charge in [-0.3, -0.25) is 4.90 Å². The van der Waals surface area contributed by atoms with Crippen LogP contribution in [0.3, 0.4) is 0 Å². The molecule has 1 saturated carbocycles. The van der Waals surface area contributed by atoms with Gasteiger partial charge in [0, 0.05) is 31.2 Å². The molecule has 19 heavy (non-hydrogen) atoms. The third-order valence-electron chi connectivity index (χ3n) is 5.53. The highest BCUT2D eigenvalue weighted by atomic mass is 15.2. The van der Waals surface area contributed by atoms with E-state index in [-0.39, 0.29) is 0 Å². The second-order valence-corrected chi connectivity index (χ2v) is 6.88. The summed E-state index contributed by atoms with van der Waals surface area (Å²) >= 11 is 0. The van der Waals surface area contributed by atoms with E-state index in [1.165, 1.54) is 70.9 Å².